The first-order valence-corrected chi connectivity index (χ1v) is 11.6. The lowest BCUT2D eigenvalue weighted by molar-refractivity contribution is 0.0495. The van der Waals surface area contributed by atoms with E-state index in [1.807, 2.05) is 6.07 Å². The van der Waals surface area contributed by atoms with Crippen molar-refractivity contribution in [1.82, 2.24) is 0 Å². The summed E-state index contributed by atoms with van der Waals surface area (Å²) < 4.78 is 5.37. The molecule has 0 bridgehead atoms. The van der Waals surface area contributed by atoms with Crippen LogP contribution in [-0.2, 0) is 11.2 Å². The molecule has 4 heteroatoms. The quantitative estimate of drug-likeness (QED) is 0.220. The van der Waals surface area contributed by atoms with Gasteiger partial charge in [-0.2, -0.15) is 0 Å². The van der Waals surface area contributed by atoms with E-state index in [-0.39, 0.29) is 28.2 Å². The van der Waals surface area contributed by atoms with Gasteiger partial charge in [0.05, 0.1) is 17.7 Å². The fourth-order valence-electron chi connectivity index (χ4n) is 3.77. The van der Waals surface area contributed by atoms with Crippen LogP contribution in [0.2, 0.25) is 0 Å². The molecule has 0 spiro atoms. The Morgan fingerprint density at radius 1 is 0.903 bits per heavy atom. The third-order valence-corrected chi connectivity index (χ3v) is 5.93. The van der Waals surface area contributed by atoms with E-state index in [2.05, 4.69) is 20.8 Å². The molecule has 0 radical (unpaired) electrons. The smallest absolute Gasteiger partial charge is 0.338 e. The summed E-state index contributed by atoms with van der Waals surface area (Å²) in [5.41, 5.74) is 1.71. The lowest BCUT2D eigenvalue weighted by Gasteiger charge is -2.13. The summed E-state index contributed by atoms with van der Waals surface area (Å²) in [6.07, 6.45) is 8.28. The topological polar surface area (TPSA) is 63.6 Å². The van der Waals surface area contributed by atoms with Gasteiger partial charge in [0.25, 0.3) is 0 Å². The lowest BCUT2D eigenvalue weighted by Crippen LogP contribution is -2.13. The zero-order valence-corrected chi connectivity index (χ0v) is 19.2. The maximum absolute atomic E-state index is 13.1. The van der Waals surface area contributed by atoms with Crippen molar-refractivity contribution in [2.75, 3.05) is 6.61 Å². The number of phenols is 1. The van der Waals surface area contributed by atoms with Gasteiger partial charge in [-0.05, 0) is 48.9 Å². The number of benzene rings is 2. The molecular formula is C27H36O4. The van der Waals surface area contributed by atoms with Gasteiger partial charge in [0.2, 0.25) is 0 Å². The van der Waals surface area contributed by atoms with Crippen LogP contribution < -0.4 is 0 Å². The van der Waals surface area contributed by atoms with Crippen molar-refractivity contribution in [3.8, 4) is 5.75 Å². The second-order valence-electron chi connectivity index (χ2n) is 8.14. The zero-order chi connectivity index (χ0) is 22.6. The molecule has 0 saturated heterocycles. The number of aromatic hydroxyl groups is 1. The van der Waals surface area contributed by atoms with Gasteiger partial charge in [0, 0.05) is 5.56 Å². The molecule has 0 aromatic heterocycles. The number of unbranched alkanes of at least 4 members (excludes halogenated alkanes) is 3. The van der Waals surface area contributed by atoms with Crippen LogP contribution in [0.1, 0.15) is 97.6 Å². The number of carbonyl (C=O) groups excluding carboxylic acids is 2. The summed E-state index contributed by atoms with van der Waals surface area (Å²) in [6, 6.07) is 11.9. The van der Waals surface area contributed by atoms with Crippen molar-refractivity contribution in [1.29, 1.82) is 0 Å². The van der Waals surface area contributed by atoms with Crippen LogP contribution in [-0.4, -0.2) is 23.5 Å². The molecule has 0 amide bonds. The molecule has 0 fully saturated rings. The summed E-state index contributed by atoms with van der Waals surface area (Å²) in [5.74, 6) is -0.248. The first kappa shape index (κ1) is 24.6. The third kappa shape index (κ3) is 7.23. The highest BCUT2D eigenvalue weighted by atomic mass is 16.5. The first-order valence-electron chi connectivity index (χ1n) is 11.6. The predicted molar refractivity (Wildman–Crippen MR) is 125 cm³/mol. The molecule has 4 nitrogen and oxygen atoms in total. The molecule has 0 atom stereocenters. The SMILES string of the molecule is CCCCCCOC(=O)c1ccccc1C(=O)c1ccc(CCC(CC)CC)cc1O. The van der Waals surface area contributed by atoms with E-state index in [9.17, 15) is 14.7 Å². The number of phenolic OH excluding ortho intramolecular Hbond substituents is 1. The average molecular weight is 425 g/mol. The Hall–Kier alpha value is -2.62. The maximum atomic E-state index is 13.1. The Kier molecular flexibility index (Phi) is 10.3. The Labute approximate surface area is 186 Å². The van der Waals surface area contributed by atoms with Crippen LogP contribution in [0, 0.1) is 5.92 Å². The normalized spacial score (nSPS) is 11.0. The molecule has 0 aliphatic heterocycles. The summed E-state index contributed by atoms with van der Waals surface area (Å²) in [7, 11) is 0. The van der Waals surface area contributed by atoms with Crippen LogP contribution in [0.4, 0.5) is 0 Å². The number of esters is 1. The van der Waals surface area contributed by atoms with Crippen molar-refractivity contribution in [3.05, 3.63) is 64.7 Å². The third-order valence-electron chi connectivity index (χ3n) is 5.93. The summed E-state index contributed by atoms with van der Waals surface area (Å²) in [5, 5.41) is 10.5. The Morgan fingerprint density at radius 2 is 1.61 bits per heavy atom. The van der Waals surface area contributed by atoms with Crippen molar-refractivity contribution < 1.29 is 19.4 Å². The largest absolute Gasteiger partial charge is 0.507 e. The highest BCUT2D eigenvalue weighted by Crippen LogP contribution is 2.26. The zero-order valence-electron chi connectivity index (χ0n) is 19.2. The number of hydrogen-bond donors (Lipinski definition) is 1. The van der Waals surface area contributed by atoms with Gasteiger partial charge >= 0.3 is 5.97 Å². The van der Waals surface area contributed by atoms with Gasteiger partial charge < -0.3 is 9.84 Å². The number of rotatable bonds is 13. The monoisotopic (exact) mass is 424 g/mol. The minimum Gasteiger partial charge on any atom is -0.507 e. The number of carbonyl (C=O) groups is 2. The molecule has 31 heavy (non-hydrogen) atoms. The van der Waals surface area contributed by atoms with Crippen molar-refractivity contribution >= 4 is 11.8 Å². The number of ketones is 1. The predicted octanol–water partition coefficient (Wildman–Crippen LogP) is 6.73. The van der Waals surface area contributed by atoms with Crippen LogP contribution in [0.25, 0.3) is 0 Å². The van der Waals surface area contributed by atoms with Gasteiger partial charge in [-0.25, -0.2) is 4.79 Å². The van der Waals surface area contributed by atoms with Gasteiger partial charge in [0.15, 0.2) is 5.78 Å². The second-order valence-corrected chi connectivity index (χ2v) is 8.14. The highest BCUT2D eigenvalue weighted by Gasteiger charge is 2.21. The summed E-state index contributed by atoms with van der Waals surface area (Å²) in [4.78, 5) is 25.7. The number of ether oxygens (including phenoxy) is 1. The minimum absolute atomic E-state index is 0.0465. The Balaban J connectivity index is 2.11. The molecule has 2 rings (SSSR count). The van der Waals surface area contributed by atoms with Crippen LogP contribution in [0.3, 0.4) is 0 Å². The molecule has 0 heterocycles. The van der Waals surface area contributed by atoms with Crippen molar-refractivity contribution in [3.63, 3.8) is 0 Å². The van der Waals surface area contributed by atoms with E-state index < -0.39 is 5.97 Å². The molecule has 0 aliphatic carbocycles. The molecule has 0 saturated carbocycles. The Morgan fingerprint density at radius 3 is 2.26 bits per heavy atom. The molecule has 2 aromatic carbocycles. The highest BCUT2D eigenvalue weighted by molar-refractivity contribution is 6.15. The second kappa shape index (κ2) is 12.9. The van der Waals surface area contributed by atoms with Gasteiger partial charge in [-0.15, -0.1) is 0 Å². The van der Waals surface area contributed by atoms with Crippen LogP contribution in [0.15, 0.2) is 42.5 Å². The molecule has 0 unspecified atom stereocenters. The van der Waals surface area contributed by atoms with Gasteiger partial charge in [-0.1, -0.05) is 77.1 Å². The van der Waals surface area contributed by atoms with E-state index in [1.165, 1.54) is 0 Å². The van der Waals surface area contributed by atoms with Gasteiger partial charge in [0.1, 0.15) is 5.75 Å². The van der Waals surface area contributed by atoms with E-state index >= 15 is 0 Å². The minimum atomic E-state index is -0.498. The maximum Gasteiger partial charge on any atom is 0.338 e. The fourth-order valence-corrected chi connectivity index (χ4v) is 3.77. The van der Waals surface area contributed by atoms with Crippen molar-refractivity contribution in [2.24, 2.45) is 5.92 Å². The standard InChI is InChI=1S/C27H36O4/c1-4-7-8-11-18-31-27(30)23-13-10-9-12-22(23)26(29)24-17-16-21(19-25(24)28)15-14-20(5-2)6-3/h9-10,12-13,16-17,19-20,28H,4-8,11,14-15,18H2,1-3H3. The molecule has 0 aliphatic rings. The van der Waals surface area contributed by atoms with Gasteiger partial charge in [-0.3, -0.25) is 4.79 Å². The number of hydrogen-bond acceptors (Lipinski definition) is 4. The molecule has 1 N–H and O–H groups in total. The van der Waals surface area contributed by atoms with E-state index in [0.717, 1.165) is 56.9 Å². The van der Waals surface area contributed by atoms with E-state index in [1.54, 1.807) is 36.4 Å². The first-order chi connectivity index (χ1) is 15.0. The Bertz CT molecular complexity index is 852. The summed E-state index contributed by atoms with van der Waals surface area (Å²) in [6.45, 7) is 6.86. The van der Waals surface area contributed by atoms with Crippen molar-refractivity contribution in [2.45, 2.75) is 72.1 Å². The van der Waals surface area contributed by atoms with Crippen LogP contribution in [0.5, 0.6) is 5.75 Å². The summed E-state index contributed by atoms with van der Waals surface area (Å²) >= 11 is 0. The number of aryl methyl sites for hydroxylation is 1. The van der Waals surface area contributed by atoms with Crippen LogP contribution >= 0.6 is 0 Å². The fraction of sp³-hybridized carbons (Fsp3) is 0.481. The molecule has 2 aromatic rings. The lowest BCUT2D eigenvalue weighted by atomic mass is 9.93. The van der Waals surface area contributed by atoms with E-state index in [0.29, 0.717) is 12.5 Å². The average Bonchev–Trinajstić information content (AvgIpc) is 2.79. The molecular weight excluding hydrogens is 388 g/mol. The molecule has 168 valence electrons. The van der Waals surface area contributed by atoms with E-state index in [4.69, 9.17) is 4.74 Å².